The molecule has 1 aromatic carbocycles. The molecule has 1 N–H and O–H groups in total. The molecule has 1 aromatic rings. The summed E-state index contributed by atoms with van der Waals surface area (Å²) >= 11 is 0. The van der Waals surface area contributed by atoms with Crippen LogP contribution < -0.4 is 4.72 Å². The Kier molecular flexibility index (Phi) is 4.86. The Balaban J connectivity index is 2.90. The van der Waals surface area contributed by atoms with Gasteiger partial charge in [-0.3, -0.25) is 4.79 Å². The molecule has 1 amide bonds. The van der Waals surface area contributed by atoms with Gasteiger partial charge in [-0.15, -0.1) is 0 Å². The molecule has 0 saturated heterocycles. The van der Waals surface area contributed by atoms with Crippen molar-refractivity contribution in [3.05, 3.63) is 29.8 Å². The topological polar surface area (TPSA) is 72.5 Å². The normalized spacial score (nSPS) is 13.1. The molecule has 1 rings (SSSR count). The molecular formula is C12H17NO4S. The third-order valence-electron chi connectivity index (χ3n) is 2.40. The van der Waals surface area contributed by atoms with Crippen LogP contribution in [-0.4, -0.2) is 27.0 Å². The van der Waals surface area contributed by atoms with Gasteiger partial charge in [0.1, 0.15) is 6.10 Å². The second-order valence-electron chi connectivity index (χ2n) is 3.83. The number of benzene rings is 1. The molecule has 6 heteroatoms. The predicted molar refractivity (Wildman–Crippen MR) is 67.6 cm³/mol. The van der Waals surface area contributed by atoms with E-state index in [0.29, 0.717) is 12.2 Å². The second kappa shape index (κ2) is 5.97. The smallest absolute Gasteiger partial charge is 0.264 e. The van der Waals surface area contributed by atoms with Crippen molar-refractivity contribution in [1.82, 2.24) is 4.72 Å². The van der Waals surface area contributed by atoms with Crippen LogP contribution in [-0.2, 0) is 19.6 Å². The average Bonchev–Trinajstić information content (AvgIpc) is 2.29. The lowest BCUT2D eigenvalue weighted by Gasteiger charge is -2.13. The molecule has 5 nitrogen and oxygen atoms in total. The SMILES string of the molecule is CCOC(C)C(=O)NS(=O)(=O)c1ccccc1C. The lowest BCUT2D eigenvalue weighted by molar-refractivity contribution is -0.129. The summed E-state index contributed by atoms with van der Waals surface area (Å²) in [7, 11) is -3.83. The highest BCUT2D eigenvalue weighted by molar-refractivity contribution is 7.90. The van der Waals surface area contributed by atoms with Crippen LogP contribution in [0.3, 0.4) is 0 Å². The van der Waals surface area contributed by atoms with E-state index >= 15 is 0 Å². The number of aryl methyl sites for hydroxylation is 1. The van der Waals surface area contributed by atoms with Crippen LogP contribution >= 0.6 is 0 Å². The molecule has 0 bridgehead atoms. The molecule has 1 unspecified atom stereocenters. The largest absolute Gasteiger partial charge is 0.369 e. The third kappa shape index (κ3) is 3.54. The maximum absolute atomic E-state index is 12.0. The number of nitrogens with one attached hydrogen (secondary N) is 1. The molecule has 0 aliphatic rings. The van der Waals surface area contributed by atoms with Crippen LogP contribution in [0.5, 0.6) is 0 Å². The van der Waals surface area contributed by atoms with E-state index in [2.05, 4.69) is 0 Å². The van der Waals surface area contributed by atoms with Crippen molar-refractivity contribution >= 4 is 15.9 Å². The quantitative estimate of drug-likeness (QED) is 0.874. The summed E-state index contributed by atoms with van der Waals surface area (Å²) < 4.78 is 31.0. The van der Waals surface area contributed by atoms with E-state index in [1.54, 1.807) is 32.0 Å². The van der Waals surface area contributed by atoms with Gasteiger partial charge in [0.25, 0.3) is 15.9 Å². The highest BCUT2D eigenvalue weighted by atomic mass is 32.2. The molecule has 0 spiro atoms. The van der Waals surface area contributed by atoms with Gasteiger partial charge < -0.3 is 4.74 Å². The number of sulfonamides is 1. The Morgan fingerprint density at radius 1 is 1.39 bits per heavy atom. The Morgan fingerprint density at radius 3 is 2.56 bits per heavy atom. The van der Waals surface area contributed by atoms with Gasteiger partial charge in [-0.2, -0.15) is 0 Å². The number of hydrogen-bond donors (Lipinski definition) is 1. The molecule has 0 aliphatic carbocycles. The van der Waals surface area contributed by atoms with Crippen molar-refractivity contribution in [1.29, 1.82) is 0 Å². The van der Waals surface area contributed by atoms with Crippen LogP contribution in [0.4, 0.5) is 0 Å². The minimum atomic E-state index is -3.83. The van der Waals surface area contributed by atoms with Crippen molar-refractivity contribution in [2.24, 2.45) is 0 Å². The van der Waals surface area contributed by atoms with Gasteiger partial charge in [-0.1, -0.05) is 18.2 Å². The lowest BCUT2D eigenvalue weighted by atomic mass is 10.2. The molecule has 0 saturated carbocycles. The summed E-state index contributed by atoms with van der Waals surface area (Å²) in [5.41, 5.74) is 0.585. The fourth-order valence-electron chi connectivity index (χ4n) is 1.45. The van der Waals surface area contributed by atoms with Gasteiger partial charge in [0.2, 0.25) is 0 Å². The first-order valence-electron chi connectivity index (χ1n) is 5.62. The van der Waals surface area contributed by atoms with E-state index in [0.717, 1.165) is 0 Å². The van der Waals surface area contributed by atoms with Gasteiger partial charge in [-0.25, -0.2) is 13.1 Å². The maximum atomic E-state index is 12.0. The monoisotopic (exact) mass is 271 g/mol. The van der Waals surface area contributed by atoms with Crippen LogP contribution in [0, 0.1) is 6.92 Å². The van der Waals surface area contributed by atoms with E-state index in [1.807, 2.05) is 4.72 Å². The minimum Gasteiger partial charge on any atom is -0.369 e. The Bertz CT molecular complexity index is 525. The molecule has 1 atom stereocenters. The molecule has 0 aromatic heterocycles. The van der Waals surface area contributed by atoms with Gasteiger partial charge in [0.05, 0.1) is 4.90 Å². The van der Waals surface area contributed by atoms with E-state index in [1.165, 1.54) is 13.0 Å². The summed E-state index contributed by atoms with van der Waals surface area (Å²) in [5, 5.41) is 0. The number of rotatable bonds is 5. The standard InChI is InChI=1S/C12H17NO4S/c1-4-17-10(3)12(14)13-18(15,16)11-8-6-5-7-9(11)2/h5-8,10H,4H2,1-3H3,(H,13,14). The van der Waals surface area contributed by atoms with Crippen molar-refractivity contribution < 1.29 is 17.9 Å². The number of carbonyl (C=O) groups excluding carboxylic acids is 1. The summed E-state index contributed by atoms with van der Waals surface area (Å²) in [4.78, 5) is 11.7. The van der Waals surface area contributed by atoms with Crippen LogP contribution in [0.25, 0.3) is 0 Å². The van der Waals surface area contributed by atoms with Crippen molar-refractivity contribution in [3.63, 3.8) is 0 Å². The third-order valence-corrected chi connectivity index (χ3v) is 3.91. The fraction of sp³-hybridized carbons (Fsp3) is 0.417. The molecule has 0 fully saturated rings. The first kappa shape index (κ1) is 14.7. The molecule has 0 aliphatic heterocycles. The highest BCUT2D eigenvalue weighted by Gasteiger charge is 2.22. The maximum Gasteiger partial charge on any atom is 0.264 e. The van der Waals surface area contributed by atoms with Gasteiger partial charge >= 0.3 is 0 Å². The minimum absolute atomic E-state index is 0.0991. The molecule has 0 radical (unpaired) electrons. The molecule has 0 heterocycles. The van der Waals surface area contributed by atoms with Gasteiger partial charge in [-0.05, 0) is 32.4 Å². The zero-order chi connectivity index (χ0) is 13.8. The Labute approximate surface area is 107 Å². The van der Waals surface area contributed by atoms with Crippen LogP contribution in [0.1, 0.15) is 19.4 Å². The molecule has 100 valence electrons. The van der Waals surface area contributed by atoms with E-state index in [4.69, 9.17) is 4.74 Å². The summed E-state index contributed by atoms with van der Waals surface area (Å²) in [6, 6.07) is 6.47. The lowest BCUT2D eigenvalue weighted by Crippen LogP contribution is -2.38. The van der Waals surface area contributed by atoms with Gasteiger partial charge in [0.15, 0.2) is 0 Å². The predicted octanol–water partition coefficient (Wildman–Crippen LogP) is 1.22. The van der Waals surface area contributed by atoms with Crippen molar-refractivity contribution in [2.75, 3.05) is 6.61 Å². The molecular weight excluding hydrogens is 254 g/mol. The zero-order valence-corrected chi connectivity index (χ0v) is 11.5. The van der Waals surface area contributed by atoms with Crippen LogP contribution in [0.2, 0.25) is 0 Å². The Hall–Kier alpha value is -1.40. The number of carbonyl (C=O) groups is 1. The number of amides is 1. The van der Waals surface area contributed by atoms with Crippen LogP contribution in [0.15, 0.2) is 29.2 Å². The first-order chi connectivity index (χ1) is 8.38. The van der Waals surface area contributed by atoms with Crippen molar-refractivity contribution in [2.45, 2.75) is 31.8 Å². The van der Waals surface area contributed by atoms with E-state index < -0.39 is 22.0 Å². The van der Waals surface area contributed by atoms with E-state index in [9.17, 15) is 13.2 Å². The van der Waals surface area contributed by atoms with E-state index in [-0.39, 0.29) is 4.90 Å². The second-order valence-corrected chi connectivity index (χ2v) is 5.48. The highest BCUT2D eigenvalue weighted by Crippen LogP contribution is 2.13. The first-order valence-corrected chi connectivity index (χ1v) is 7.10. The summed E-state index contributed by atoms with van der Waals surface area (Å²) in [6.45, 7) is 5.26. The zero-order valence-electron chi connectivity index (χ0n) is 10.6. The fourth-order valence-corrected chi connectivity index (χ4v) is 2.74. The summed E-state index contributed by atoms with van der Waals surface area (Å²) in [6.07, 6.45) is -0.797. The van der Waals surface area contributed by atoms with Crippen molar-refractivity contribution in [3.8, 4) is 0 Å². The van der Waals surface area contributed by atoms with Gasteiger partial charge in [0, 0.05) is 6.61 Å². The average molecular weight is 271 g/mol. The molecule has 18 heavy (non-hydrogen) atoms. The summed E-state index contributed by atoms with van der Waals surface area (Å²) in [5.74, 6) is -0.667. The number of hydrogen-bond acceptors (Lipinski definition) is 4. The number of ether oxygens (including phenoxy) is 1. The Morgan fingerprint density at radius 2 is 2.00 bits per heavy atom.